The van der Waals surface area contributed by atoms with E-state index in [9.17, 15) is 8.42 Å². The van der Waals surface area contributed by atoms with Crippen molar-refractivity contribution >= 4 is 62.6 Å². The van der Waals surface area contributed by atoms with Crippen LogP contribution in [-0.4, -0.2) is 19.4 Å². The van der Waals surface area contributed by atoms with E-state index in [1.54, 1.807) is 0 Å². The van der Waals surface area contributed by atoms with E-state index in [2.05, 4.69) is 19.4 Å². The Hall–Kier alpha value is 0.0300. The molecule has 4 N–H and O–H groups in total. The molecule has 1 aliphatic rings. The van der Waals surface area contributed by atoms with E-state index < -0.39 is 21.0 Å². The minimum atomic E-state index is -3.78. The third-order valence-corrected chi connectivity index (χ3v) is 5.41. The number of fused-ring (bicyclic) bond motifs is 1. The molecule has 1 aliphatic heterocycles. The monoisotopic (exact) mass is 379 g/mol. The molecule has 0 radical (unpaired) electrons. The number of rotatable bonds is 4. The number of nitrogens with one attached hydrogen (secondary N) is 2. The zero-order valence-electron chi connectivity index (χ0n) is 9.47. The molecule has 0 aliphatic carbocycles. The lowest BCUT2D eigenvalue weighted by molar-refractivity contribution is -0.195. The van der Waals surface area contributed by atoms with Crippen LogP contribution in [0.15, 0.2) is 21.9 Å². The Kier molecular flexibility index (Phi) is 5.27. The molecule has 112 valence electrons. The van der Waals surface area contributed by atoms with E-state index in [-0.39, 0.29) is 15.6 Å². The molecule has 0 saturated heterocycles. The second-order valence-corrected chi connectivity index (χ2v) is 7.60. The van der Waals surface area contributed by atoms with Crippen LogP contribution in [0.2, 0.25) is 5.02 Å². The van der Waals surface area contributed by atoms with Gasteiger partial charge in [0, 0.05) is 0 Å². The standard InChI is InChI=1S/C8H8Cl3N3O4S2/c9-3-1-4-6(2-5(3)19-18-17-12)20(15,16)14-8(13-4)7(10)11/h1-2,7-8,13-14H,12H2. The highest BCUT2D eigenvalue weighted by Gasteiger charge is 2.33. The summed E-state index contributed by atoms with van der Waals surface area (Å²) in [6.45, 7) is 0. The number of hydrogen-bond acceptors (Lipinski definition) is 7. The molecule has 0 fully saturated rings. The van der Waals surface area contributed by atoms with Crippen molar-refractivity contribution in [2.24, 2.45) is 5.90 Å². The first-order valence-corrected chi connectivity index (χ1v) is 8.43. The van der Waals surface area contributed by atoms with Crippen molar-refractivity contribution in [3.8, 4) is 0 Å². The summed E-state index contributed by atoms with van der Waals surface area (Å²) < 4.78 is 31.0. The van der Waals surface area contributed by atoms with Gasteiger partial charge in [0.1, 0.15) is 15.9 Å². The molecule has 2 rings (SSSR count). The van der Waals surface area contributed by atoms with Crippen molar-refractivity contribution in [1.29, 1.82) is 0 Å². The van der Waals surface area contributed by atoms with E-state index in [4.69, 9.17) is 40.7 Å². The van der Waals surface area contributed by atoms with Gasteiger partial charge in [-0.15, -0.1) is 32.5 Å². The lowest BCUT2D eigenvalue weighted by atomic mass is 10.3. The molecule has 1 heterocycles. The number of nitrogens with two attached hydrogens (primary N) is 1. The van der Waals surface area contributed by atoms with Crippen LogP contribution in [0.5, 0.6) is 0 Å². The molecule has 12 heteroatoms. The van der Waals surface area contributed by atoms with Gasteiger partial charge in [-0.1, -0.05) is 11.6 Å². The third-order valence-electron chi connectivity index (χ3n) is 2.33. The first kappa shape index (κ1) is 16.4. The van der Waals surface area contributed by atoms with Crippen molar-refractivity contribution in [3.05, 3.63) is 17.2 Å². The van der Waals surface area contributed by atoms with Gasteiger partial charge < -0.3 is 5.32 Å². The number of sulfonamides is 1. The number of anilines is 1. The summed E-state index contributed by atoms with van der Waals surface area (Å²) in [5.74, 6) is 4.71. The average molecular weight is 381 g/mol. The Labute approximate surface area is 134 Å². The maximum atomic E-state index is 12.1. The van der Waals surface area contributed by atoms with Crippen molar-refractivity contribution in [1.82, 2.24) is 4.72 Å². The molecule has 0 aromatic heterocycles. The van der Waals surface area contributed by atoms with Gasteiger partial charge in [0.2, 0.25) is 10.0 Å². The van der Waals surface area contributed by atoms with E-state index >= 15 is 0 Å². The molecule has 20 heavy (non-hydrogen) atoms. The summed E-state index contributed by atoms with van der Waals surface area (Å²) in [4.78, 5) is 3.26. The fourth-order valence-corrected chi connectivity index (χ4v) is 4.02. The second-order valence-electron chi connectivity index (χ2n) is 3.60. The molecule has 1 unspecified atom stereocenters. The van der Waals surface area contributed by atoms with Gasteiger partial charge in [-0.2, -0.15) is 10.6 Å². The number of benzene rings is 1. The van der Waals surface area contributed by atoms with Crippen LogP contribution >= 0.6 is 46.8 Å². The van der Waals surface area contributed by atoms with E-state index in [0.29, 0.717) is 16.9 Å². The van der Waals surface area contributed by atoms with Gasteiger partial charge in [-0.3, -0.25) is 0 Å². The maximum absolute atomic E-state index is 12.1. The van der Waals surface area contributed by atoms with Crippen molar-refractivity contribution < 1.29 is 17.7 Å². The Morgan fingerprint density at radius 3 is 2.70 bits per heavy atom. The molecule has 0 saturated carbocycles. The topological polar surface area (TPSA) is 103 Å². The molecule has 0 amide bonds. The maximum Gasteiger partial charge on any atom is 0.244 e. The predicted octanol–water partition coefficient (Wildman–Crippen LogP) is 2.00. The van der Waals surface area contributed by atoms with Crippen LogP contribution in [0.4, 0.5) is 5.69 Å². The zero-order chi connectivity index (χ0) is 14.9. The van der Waals surface area contributed by atoms with Gasteiger partial charge >= 0.3 is 0 Å². The molecule has 0 spiro atoms. The Bertz CT molecular complexity index is 613. The highest BCUT2D eigenvalue weighted by atomic mass is 35.5. The van der Waals surface area contributed by atoms with Crippen molar-refractivity contribution in [3.63, 3.8) is 0 Å². The molecular weight excluding hydrogens is 373 g/mol. The van der Waals surface area contributed by atoms with E-state index in [0.717, 1.165) is 0 Å². The highest BCUT2D eigenvalue weighted by Crippen LogP contribution is 2.37. The van der Waals surface area contributed by atoms with Gasteiger partial charge in [0.15, 0.2) is 0 Å². The Morgan fingerprint density at radius 2 is 2.10 bits per heavy atom. The highest BCUT2D eigenvalue weighted by molar-refractivity contribution is 7.94. The van der Waals surface area contributed by atoms with Crippen LogP contribution in [-0.2, 0) is 19.3 Å². The first-order chi connectivity index (χ1) is 9.35. The largest absolute Gasteiger partial charge is 0.366 e. The summed E-state index contributed by atoms with van der Waals surface area (Å²) in [5.41, 5.74) is 0.281. The molecule has 1 aromatic carbocycles. The zero-order valence-corrected chi connectivity index (χ0v) is 13.4. The molecular formula is C8H8Cl3N3O4S2. The van der Waals surface area contributed by atoms with Crippen LogP contribution < -0.4 is 15.9 Å². The van der Waals surface area contributed by atoms with Crippen LogP contribution in [0.25, 0.3) is 0 Å². The molecule has 1 atom stereocenters. The summed E-state index contributed by atoms with van der Waals surface area (Å²) in [6.07, 6.45) is -0.853. The van der Waals surface area contributed by atoms with Crippen molar-refractivity contribution in [2.75, 3.05) is 5.32 Å². The van der Waals surface area contributed by atoms with Crippen LogP contribution in [0.1, 0.15) is 0 Å². The van der Waals surface area contributed by atoms with Crippen molar-refractivity contribution in [2.45, 2.75) is 20.8 Å². The van der Waals surface area contributed by atoms with Gasteiger partial charge in [-0.25, -0.2) is 8.42 Å². The summed E-state index contributed by atoms with van der Waals surface area (Å²) in [7, 11) is -3.78. The smallest absolute Gasteiger partial charge is 0.244 e. The minimum absolute atomic E-state index is 0.0183. The van der Waals surface area contributed by atoms with Gasteiger partial charge in [0.05, 0.1) is 27.6 Å². The van der Waals surface area contributed by atoms with Crippen LogP contribution in [0.3, 0.4) is 0 Å². The summed E-state index contributed by atoms with van der Waals surface area (Å²) >= 11 is 18.0. The average Bonchev–Trinajstić information content (AvgIpc) is 2.35. The van der Waals surface area contributed by atoms with Gasteiger partial charge in [-0.05, 0) is 12.1 Å². The minimum Gasteiger partial charge on any atom is -0.366 e. The van der Waals surface area contributed by atoms with Gasteiger partial charge in [0.25, 0.3) is 0 Å². The summed E-state index contributed by atoms with van der Waals surface area (Å²) in [5, 5.41) is 3.08. The number of halogens is 3. The first-order valence-electron chi connectivity index (χ1n) is 4.96. The lowest BCUT2D eigenvalue weighted by Crippen LogP contribution is -2.48. The fourth-order valence-electron chi connectivity index (χ4n) is 1.53. The molecule has 0 bridgehead atoms. The Morgan fingerprint density at radius 1 is 1.40 bits per heavy atom. The number of alkyl halides is 2. The predicted molar refractivity (Wildman–Crippen MR) is 76.9 cm³/mol. The Balaban J connectivity index is 2.44. The normalized spacial score (nSPS) is 20.6. The van der Waals surface area contributed by atoms with E-state index in [1.165, 1.54) is 12.1 Å². The SMILES string of the molecule is NOOSc1cc2c(cc1Cl)NC(C(Cl)Cl)NS2(=O)=O. The molecule has 7 nitrogen and oxygen atoms in total. The van der Waals surface area contributed by atoms with Crippen LogP contribution in [0, 0.1) is 0 Å². The second kappa shape index (κ2) is 6.42. The lowest BCUT2D eigenvalue weighted by Gasteiger charge is -2.29. The third kappa shape index (κ3) is 3.43. The summed E-state index contributed by atoms with van der Waals surface area (Å²) in [6, 6.07) is 2.73. The fraction of sp³-hybridized carbons (Fsp3) is 0.250. The molecule has 1 aromatic rings. The number of hydrogen-bond donors (Lipinski definition) is 3. The van der Waals surface area contributed by atoms with E-state index in [1.807, 2.05) is 0 Å². The quantitative estimate of drug-likeness (QED) is 0.318.